The third-order valence-electron chi connectivity index (χ3n) is 9.76. The number of likely N-dealkylation sites (tertiary alicyclic amines) is 1. The molecule has 1 saturated heterocycles. The molecule has 1 N–H and O–H groups in total. The lowest BCUT2D eigenvalue weighted by molar-refractivity contribution is -0.183. The van der Waals surface area contributed by atoms with Gasteiger partial charge in [0.25, 0.3) is 0 Å². The van der Waals surface area contributed by atoms with Crippen molar-refractivity contribution in [3.8, 4) is 0 Å². The Hall–Kier alpha value is -2.13. The molecule has 2 saturated carbocycles. The zero-order valence-corrected chi connectivity index (χ0v) is 23.8. The number of hydrogen-bond donors (Lipinski definition) is 1. The van der Waals surface area contributed by atoms with Gasteiger partial charge in [0.1, 0.15) is 12.7 Å². The number of amides is 1. The van der Waals surface area contributed by atoms with Gasteiger partial charge in [-0.2, -0.15) is 18.3 Å². The van der Waals surface area contributed by atoms with Crippen molar-refractivity contribution in [1.29, 1.82) is 0 Å². The predicted molar refractivity (Wildman–Crippen MR) is 149 cm³/mol. The lowest BCUT2D eigenvalue weighted by Crippen LogP contribution is -2.55. The number of nitrogens with zero attached hydrogens (tertiary/aromatic N) is 4. The molecule has 0 bridgehead atoms. The monoisotopic (exact) mass is 579 g/mol. The van der Waals surface area contributed by atoms with E-state index in [-0.39, 0.29) is 30.2 Å². The molecule has 5 rings (SSSR count). The van der Waals surface area contributed by atoms with E-state index in [0.29, 0.717) is 43.3 Å². The highest BCUT2D eigenvalue weighted by atomic mass is 35.5. The lowest BCUT2D eigenvalue weighted by Gasteiger charge is -2.48. The molecule has 2 heterocycles. The molecule has 3 fully saturated rings. The van der Waals surface area contributed by atoms with Crippen molar-refractivity contribution in [2.24, 2.45) is 17.3 Å². The summed E-state index contributed by atoms with van der Waals surface area (Å²) >= 11 is 6.09. The molecule has 220 valence electrons. The van der Waals surface area contributed by atoms with E-state index >= 15 is 0 Å². The first-order chi connectivity index (χ1) is 19.2. The molecule has 0 radical (unpaired) electrons. The third kappa shape index (κ3) is 7.19. The summed E-state index contributed by atoms with van der Waals surface area (Å²) in [6.07, 6.45) is 8.91. The highest BCUT2D eigenvalue weighted by Crippen LogP contribution is 2.47. The Balaban J connectivity index is 1.27. The molecule has 0 unspecified atom stereocenters. The Morgan fingerprint density at radius 2 is 1.70 bits per heavy atom. The number of halogens is 4. The summed E-state index contributed by atoms with van der Waals surface area (Å²) in [5, 5.41) is 8.53. The maximum absolute atomic E-state index is 14.0. The summed E-state index contributed by atoms with van der Waals surface area (Å²) < 4.78 is 41.7. The summed E-state index contributed by atoms with van der Waals surface area (Å²) in [7, 11) is 0. The second kappa shape index (κ2) is 12.8. The van der Waals surface area contributed by atoms with Gasteiger partial charge in [0.05, 0.1) is 12.0 Å². The number of carbonyl (C=O) groups excluding carboxylic acids is 1. The van der Waals surface area contributed by atoms with Gasteiger partial charge in [0.2, 0.25) is 5.91 Å². The molecule has 2 aliphatic carbocycles. The van der Waals surface area contributed by atoms with Crippen LogP contribution >= 0.6 is 11.6 Å². The highest BCUT2D eigenvalue weighted by Gasteiger charge is 2.45. The lowest BCUT2D eigenvalue weighted by atomic mass is 9.63. The van der Waals surface area contributed by atoms with Crippen LogP contribution in [0.25, 0.3) is 0 Å². The predicted octanol–water partition coefficient (Wildman–Crippen LogP) is 6.44. The molecular weight excluding hydrogens is 539 g/mol. The Labute approximate surface area is 240 Å². The number of carbonyl (C=O) groups is 1. The molecule has 1 aromatic heterocycles. The van der Waals surface area contributed by atoms with E-state index in [9.17, 15) is 18.0 Å². The number of alkyl halides is 3. The molecule has 1 atom stereocenters. The third-order valence-corrected chi connectivity index (χ3v) is 10.0. The topological polar surface area (TPSA) is 63.1 Å². The van der Waals surface area contributed by atoms with Gasteiger partial charge in [-0.1, -0.05) is 43.0 Å². The van der Waals surface area contributed by atoms with Crippen molar-refractivity contribution in [3.63, 3.8) is 0 Å². The minimum Gasteiger partial charge on any atom is -0.341 e. The zero-order valence-electron chi connectivity index (χ0n) is 23.1. The van der Waals surface area contributed by atoms with Crippen LogP contribution in [0.1, 0.15) is 76.2 Å². The van der Waals surface area contributed by atoms with E-state index in [1.165, 1.54) is 32.1 Å². The first-order valence-electron chi connectivity index (χ1n) is 14.9. The normalized spacial score (nSPS) is 25.1. The summed E-state index contributed by atoms with van der Waals surface area (Å²) in [6.45, 7) is 2.20. The maximum atomic E-state index is 14.0. The van der Waals surface area contributed by atoms with Gasteiger partial charge in [0.15, 0.2) is 0 Å². The average Bonchev–Trinajstić information content (AvgIpc) is 3.47. The van der Waals surface area contributed by atoms with Crippen molar-refractivity contribution < 1.29 is 18.0 Å². The van der Waals surface area contributed by atoms with E-state index in [1.54, 1.807) is 12.7 Å². The van der Waals surface area contributed by atoms with Crippen LogP contribution in [0.5, 0.6) is 0 Å². The molecule has 1 aromatic carbocycles. The summed E-state index contributed by atoms with van der Waals surface area (Å²) in [5.41, 5.74) is 1.08. The molecule has 3 aliphatic rings. The van der Waals surface area contributed by atoms with Gasteiger partial charge in [-0.25, -0.2) is 4.98 Å². The van der Waals surface area contributed by atoms with Gasteiger partial charge >= 0.3 is 6.18 Å². The van der Waals surface area contributed by atoms with Crippen LogP contribution in [0.3, 0.4) is 0 Å². The van der Waals surface area contributed by atoms with Crippen molar-refractivity contribution in [3.05, 3.63) is 47.5 Å². The van der Waals surface area contributed by atoms with E-state index in [4.69, 9.17) is 11.6 Å². The maximum Gasteiger partial charge on any atom is 0.391 e. The fourth-order valence-electron chi connectivity index (χ4n) is 7.39. The van der Waals surface area contributed by atoms with Crippen LogP contribution in [0.15, 0.2) is 36.9 Å². The van der Waals surface area contributed by atoms with Crippen molar-refractivity contribution >= 4 is 17.5 Å². The standard InChI is InChI=1S/C30H41ClF3N5O/c31-25-10-6-22(7-11-25)18-27(37-26-12-8-24(9-13-26)30(32,33)34)28(40)38-16-14-29(15-17-38,19-39-21-35-20-36-39)23-4-2-1-3-5-23/h6-7,10-11,20-21,23-24,26-27,37H,1-5,8-9,12-19H2/t24-,26-,27-/m1/s1. The molecule has 2 aromatic rings. The molecule has 1 aliphatic heterocycles. The van der Waals surface area contributed by atoms with Gasteiger partial charge in [0, 0.05) is 30.7 Å². The Kier molecular flexibility index (Phi) is 9.40. The van der Waals surface area contributed by atoms with E-state index < -0.39 is 18.1 Å². The second-order valence-electron chi connectivity index (χ2n) is 12.3. The Morgan fingerprint density at radius 1 is 1.02 bits per heavy atom. The van der Waals surface area contributed by atoms with Crippen molar-refractivity contribution in [2.45, 2.75) is 102 Å². The Morgan fingerprint density at radius 3 is 2.30 bits per heavy atom. The Bertz CT molecular complexity index is 1070. The van der Waals surface area contributed by atoms with Gasteiger partial charge in [-0.05, 0) is 86.8 Å². The number of nitrogens with one attached hydrogen (secondary N) is 1. The van der Waals surface area contributed by atoms with Crippen LogP contribution in [0, 0.1) is 17.3 Å². The SMILES string of the molecule is O=C([C@@H](Cc1ccc(Cl)cc1)N[C@H]1CC[C@H](C(F)(F)F)CC1)N1CCC(Cn2cncn2)(C2CCCCC2)CC1. The summed E-state index contributed by atoms with van der Waals surface area (Å²) in [5.74, 6) is -0.573. The molecular formula is C30H41ClF3N5O. The first kappa shape index (κ1) is 29.4. The number of benzene rings is 1. The highest BCUT2D eigenvalue weighted by molar-refractivity contribution is 6.30. The zero-order chi connectivity index (χ0) is 28.2. The van der Waals surface area contributed by atoms with Crippen LogP contribution < -0.4 is 5.32 Å². The molecule has 1 amide bonds. The molecule has 6 nitrogen and oxygen atoms in total. The second-order valence-corrected chi connectivity index (χ2v) is 12.7. The van der Waals surface area contributed by atoms with E-state index in [1.807, 2.05) is 33.8 Å². The average molecular weight is 580 g/mol. The smallest absolute Gasteiger partial charge is 0.341 e. The molecule has 40 heavy (non-hydrogen) atoms. The number of hydrogen-bond acceptors (Lipinski definition) is 4. The van der Waals surface area contributed by atoms with Gasteiger partial charge in [-0.3, -0.25) is 9.48 Å². The van der Waals surface area contributed by atoms with Crippen molar-refractivity contribution in [1.82, 2.24) is 25.0 Å². The minimum absolute atomic E-state index is 0.0471. The molecule has 0 spiro atoms. The summed E-state index contributed by atoms with van der Waals surface area (Å²) in [4.78, 5) is 20.1. The van der Waals surface area contributed by atoms with E-state index in [2.05, 4.69) is 15.4 Å². The van der Waals surface area contributed by atoms with Crippen LogP contribution in [-0.4, -0.2) is 56.9 Å². The number of aromatic nitrogens is 3. The molecule has 10 heteroatoms. The van der Waals surface area contributed by atoms with Crippen LogP contribution in [-0.2, 0) is 17.8 Å². The van der Waals surface area contributed by atoms with Crippen LogP contribution in [0.2, 0.25) is 5.02 Å². The largest absolute Gasteiger partial charge is 0.391 e. The fourth-order valence-corrected chi connectivity index (χ4v) is 7.51. The minimum atomic E-state index is -4.14. The van der Waals surface area contributed by atoms with Crippen LogP contribution in [0.4, 0.5) is 13.2 Å². The fraction of sp³-hybridized carbons (Fsp3) is 0.700. The number of rotatable bonds is 8. The quantitative estimate of drug-likeness (QED) is 0.391. The van der Waals surface area contributed by atoms with Gasteiger partial charge < -0.3 is 10.2 Å². The van der Waals surface area contributed by atoms with Crippen molar-refractivity contribution in [2.75, 3.05) is 13.1 Å². The van der Waals surface area contributed by atoms with Gasteiger partial charge in [-0.15, -0.1) is 0 Å². The first-order valence-corrected chi connectivity index (χ1v) is 15.3. The van der Waals surface area contributed by atoms with E-state index in [0.717, 1.165) is 24.9 Å². The summed E-state index contributed by atoms with van der Waals surface area (Å²) in [6, 6.07) is 6.90. The number of piperidine rings is 1.